The maximum absolute atomic E-state index is 14.1. The van der Waals surface area contributed by atoms with Gasteiger partial charge in [0.05, 0.1) is 23.5 Å². The molecule has 4 N–H and O–H groups in total. The Kier molecular flexibility index (Phi) is 5.58. The number of amides is 1. The highest BCUT2D eigenvalue weighted by atomic mass is 19.1. The number of nitriles is 1. The summed E-state index contributed by atoms with van der Waals surface area (Å²) in [5.41, 5.74) is 5.95. The van der Waals surface area contributed by atoms with Crippen molar-refractivity contribution in [3.63, 3.8) is 0 Å². The van der Waals surface area contributed by atoms with E-state index in [2.05, 4.69) is 21.5 Å². The highest BCUT2D eigenvalue weighted by molar-refractivity contribution is 5.91. The highest BCUT2D eigenvalue weighted by Gasteiger charge is 2.29. The van der Waals surface area contributed by atoms with Crippen molar-refractivity contribution in [2.45, 2.75) is 38.3 Å². The fourth-order valence-corrected chi connectivity index (χ4v) is 4.09. The Hall–Kier alpha value is -3.87. The van der Waals surface area contributed by atoms with Gasteiger partial charge in [-0.3, -0.25) is 9.48 Å². The van der Waals surface area contributed by atoms with E-state index in [4.69, 9.17) is 10.5 Å². The van der Waals surface area contributed by atoms with Crippen LogP contribution in [0.4, 0.5) is 20.7 Å². The Morgan fingerprint density at radius 1 is 1.39 bits per heavy atom. The summed E-state index contributed by atoms with van der Waals surface area (Å²) in [4.78, 5) is 26.1. The monoisotopic (exact) mass is 424 g/mol. The normalized spacial score (nSPS) is 18.5. The minimum atomic E-state index is -0.963. The lowest BCUT2D eigenvalue weighted by atomic mass is 9.85. The van der Waals surface area contributed by atoms with Crippen molar-refractivity contribution in [3.05, 3.63) is 52.2 Å². The molecule has 0 spiro atoms. The van der Waals surface area contributed by atoms with Gasteiger partial charge in [0.25, 0.3) is 5.56 Å². The van der Waals surface area contributed by atoms with E-state index in [-0.39, 0.29) is 29.9 Å². The molecule has 160 valence electrons. The number of rotatable bonds is 5. The second kappa shape index (κ2) is 8.47. The maximum Gasteiger partial charge on any atom is 0.404 e. The fraction of sp³-hybridized carbons (Fsp3) is 0.333. The smallest absolute Gasteiger partial charge is 0.404 e. The number of nitrogens with one attached hydrogen (secondary N) is 2. The van der Waals surface area contributed by atoms with Gasteiger partial charge in [-0.1, -0.05) is 12.8 Å². The van der Waals surface area contributed by atoms with E-state index in [1.54, 1.807) is 16.8 Å². The number of carbonyl (C=O) groups excluding carboxylic acids is 1. The van der Waals surface area contributed by atoms with Crippen LogP contribution in [0.15, 0.2) is 35.3 Å². The van der Waals surface area contributed by atoms with Crippen molar-refractivity contribution in [3.8, 4) is 6.07 Å². The van der Waals surface area contributed by atoms with Crippen LogP contribution in [0, 0.1) is 23.1 Å². The lowest BCUT2D eigenvalue weighted by molar-refractivity contribution is 0.150. The number of pyridine rings is 1. The molecule has 1 aromatic carbocycles. The molecule has 1 saturated carbocycles. The van der Waals surface area contributed by atoms with Gasteiger partial charge in [0.1, 0.15) is 17.8 Å². The van der Waals surface area contributed by atoms with E-state index >= 15 is 0 Å². The second-order valence-corrected chi connectivity index (χ2v) is 7.53. The number of aromatic amines is 1. The summed E-state index contributed by atoms with van der Waals surface area (Å²) in [6, 6.07) is 8.00. The molecule has 0 saturated heterocycles. The zero-order valence-corrected chi connectivity index (χ0v) is 16.6. The van der Waals surface area contributed by atoms with E-state index in [1.807, 2.05) is 0 Å². The van der Waals surface area contributed by atoms with Gasteiger partial charge in [0.2, 0.25) is 0 Å². The van der Waals surface area contributed by atoms with E-state index < -0.39 is 11.9 Å². The number of hydrogen-bond donors (Lipinski definition) is 3. The van der Waals surface area contributed by atoms with Crippen LogP contribution in [0.2, 0.25) is 0 Å². The Labute approximate surface area is 176 Å². The summed E-state index contributed by atoms with van der Waals surface area (Å²) in [6.07, 6.45) is 4.10. The first-order chi connectivity index (χ1) is 15.0. The van der Waals surface area contributed by atoms with Gasteiger partial charge < -0.3 is 20.8 Å². The molecule has 31 heavy (non-hydrogen) atoms. The van der Waals surface area contributed by atoms with Gasteiger partial charge >= 0.3 is 6.09 Å². The largest absolute Gasteiger partial charge is 0.445 e. The number of ether oxygens (including phenoxy) is 1. The van der Waals surface area contributed by atoms with Crippen LogP contribution in [-0.4, -0.2) is 20.9 Å². The number of nitrogens with zero attached hydrogens (tertiary/aromatic N) is 3. The van der Waals surface area contributed by atoms with Crippen molar-refractivity contribution < 1.29 is 13.9 Å². The summed E-state index contributed by atoms with van der Waals surface area (Å²) in [6.45, 7) is -0.191. The Bertz CT molecular complexity index is 1230. The third-order valence-electron chi connectivity index (χ3n) is 5.44. The standard InChI is InChI=1S/C21H21FN6O3/c22-14-7-12(11-31-21(24)30)8-15(9-14)26-19-18-17(5-6-25-20(18)29)28(27-19)16-4-2-1-3-13(16)10-23/h5-9,13,16H,1-4,11H2,(H2,24,30)(H,25,29)(H,26,27). The number of benzene rings is 1. The molecule has 2 unspecified atom stereocenters. The van der Waals surface area contributed by atoms with Crippen molar-refractivity contribution in [1.82, 2.24) is 14.8 Å². The summed E-state index contributed by atoms with van der Waals surface area (Å²) in [5, 5.41) is 17.5. The fourth-order valence-electron chi connectivity index (χ4n) is 4.09. The van der Waals surface area contributed by atoms with Crippen LogP contribution in [0.3, 0.4) is 0 Å². The summed E-state index contributed by atoms with van der Waals surface area (Å²) >= 11 is 0. The molecule has 2 atom stereocenters. The second-order valence-electron chi connectivity index (χ2n) is 7.53. The molecule has 0 radical (unpaired) electrons. The lowest BCUT2D eigenvalue weighted by Crippen LogP contribution is -2.23. The first-order valence-corrected chi connectivity index (χ1v) is 9.94. The highest BCUT2D eigenvalue weighted by Crippen LogP contribution is 2.36. The lowest BCUT2D eigenvalue weighted by Gasteiger charge is -2.27. The molecule has 1 fully saturated rings. The topological polar surface area (TPSA) is 139 Å². The zero-order chi connectivity index (χ0) is 22.0. The Balaban J connectivity index is 1.74. The van der Waals surface area contributed by atoms with E-state index in [0.29, 0.717) is 22.2 Å². The molecule has 2 aromatic heterocycles. The average Bonchev–Trinajstić information content (AvgIpc) is 3.11. The third-order valence-corrected chi connectivity index (χ3v) is 5.44. The van der Waals surface area contributed by atoms with Crippen molar-refractivity contribution >= 4 is 28.5 Å². The predicted octanol–water partition coefficient (Wildman–Crippen LogP) is 3.46. The van der Waals surface area contributed by atoms with E-state index in [1.165, 1.54) is 18.3 Å². The number of anilines is 2. The maximum atomic E-state index is 14.1. The molecular weight excluding hydrogens is 403 g/mol. The van der Waals surface area contributed by atoms with Crippen LogP contribution in [0.25, 0.3) is 10.9 Å². The number of halogens is 1. The minimum Gasteiger partial charge on any atom is -0.445 e. The van der Waals surface area contributed by atoms with Gasteiger partial charge in [-0.05, 0) is 42.7 Å². The molecule has 4 rings (SSSR count). The van der Waals surface area contributed by atoms with Crippen molar-refractivity contribution in [2.24, 2.45) is 11.7 Å². The number of aromatic nitrogens is 3. The Morgan fingerprint density at radius 3 is 2.97 bits per heavy atom. The number of H-pyrrole nitrogens is 1. The number of carbonyl (C=O) groups is 1. The third kappa shape index (κ3) is 4.21. The van der Waals surface area contributed by atoms with Crippen LogP contribution in [0.1, 0.15) is 37.3 Å². The molecule has 10 heteroatoms. The summed E-state index contributed by atoms with van der Waals surface area (Å²) in [5.74, 6) is -0.496. The molecule has 1 amide bonds. The molecule has 3 aromatic rings. The first-order valence-electron chi connectivity index (χ1n) is 9.94. The minimum absolute atomic E-state index is 0.148. The van der Waals surface area contributed by atoms with E-state index in [0.717, 1.165) is 25.7 Å². The van der Waals surface area contributed by atoms with Crippen molar-refractivity contribution in [2.75, 3.05) is 5.32 Å². The Morgan fingerprint density at radius 2 is 2.19 bits per heavy atom. The average molecular weight is 424 g/mol. The molecule has 2 heterocycles. The van der Waals surface area contributed by atoms with Gasteiger partial charge in [-0.2, -0.15) is 10.4 Å². The molecule has 0 aliphatic heterocycles. The van der Waals surface area contributed by atoms with Crippen LogP contribution < -0.4 is 16.6 Å². The van der Waals surface area contributed by atoms with Crippen LogP contribution >= 0.6 is 0 Å². The van der Waals surface area contributed by atoms with Crippen LogP contribution in [-0.2, 0) is 11.3 Å². The summed E-state index contributed by atoms with van der Waals surface area (Å²) < 4.78 is 20.6. The molecule has 0 bridgehead atoms. The number of primary amides is 1. The predicted molar refractivity (Wildman–Crippen MR) is 111 cm³/mol. The van der Waals surface area contributed by atoms with Gasteiger partial charge in [0, 0.05) is 11.9 Å². The molecule has 1 aliphatic carbocycles. The van der Waals surface area contributed by atoms with Gasteiger partial charge in [-0.15, -0.1) is 0 Å². The summed E-state index contributed by atoms with van der Waals surface area (Å²) in [7, 11) is 0. The first kappa shape index (κ1) is 20.4. The number of fused-ring (bicyclic) bond motifs is 1. The number of nitrogens with two attached hydrogens (primary N) is 1. The number of hydrogen-bond acceptors (Lipinski definition) is 6. The molecular formula is C21H21FN6O3. The SMILES string of the molecule is N#CC1CCCCC1n1nc(Nc2cc(F)cc(COC(N)=O)c2)c2c(=O)[nH]ccc21. The molecule has 9 nitrogen and oxygen atoms in total. The van der Waals surface area contributed by atoms with Crippen LogP contribution in [0.5, 0.6) is 0 Å². The zero-order valence-electron chi connectivity index (χ0n) is 16.6. The van der Waals surface area contributed by atoms with Gasteiger partial charge in [-0.25, -0.2) is 9.18 Å². The van der Waals surface area contributed by atoms with Crippen molar-refractivity contribution in [1.29, 1.82) is 5.26 Å². The van der Waals surface area contributed by atoms with E-state index in [9.17, 15) is 19.2 Å². The molecule has 1 aliphatic rings. The quantitative estimate of drug-likeness (QED) is 0.573. The van der Waals surface area contributed by atoms with Gasteiger partial charge in [0.15, 0.2) is 5.82 Å².